The monoisotopic (exact) mass is 274 g/mol. The van der Waals surface area contributed by atoms with E-state index < -0.39 is 0 Å². The first-order valence-electron chi connectivity index (χ1n) is 7.19. The average molecular weight is 274 g/mol. The van der Waals surface area contributed by atoms with Gasteiger partial charge in [-0.15, -0.1) is 0 Å². The van der Waals surface area contributed by atoms with Crippen molar-refractivity contribution in [2.75, 3.05) is 0 Å². The summed E-state index contributed by atoms with van der Waals surface area (Å²) in [5.74, 6) is 0.317. The Balaban J connectivity index is 1.68. The summed E-state index contributed by atoms with van der Waals surface area (Å²) in [6, 6.07) is 26.7. The van der Waals surface area contributed by atoms with E-state index in [-0.39, 0.29) is 0 Å². The van der Waals surface area contributed by atoms with Gasteiger partial charge in [-0.2, -0.15) is 0 Å². The maximum atomic E-state index is 9.30. The van der Waals surface area contributed by atoms with E-state index in [1.165, 1.54) is 22.3 Å². The highest BCUT2D eigenvalue weighted by atomic mass is 16.3. The van der Waals surface area contributed by atoms with Crippen LogP contribution < -0.4 is 0 Å². The molecule has 0 spiro atoms. The first-order chi connectivity index (χ1) is 10.3. The Bertz CT molecular complexity index is 682. The standard InChI is InChI=1S/C20H18O/c21-20-12-10-19(11-13-20)15-18-8-6-17(7-9-18)14-16-4-2-1-3-5-16/h1-13,21H,14-15H2. The molecule has 0 radical (unpaired) electrons. The molecule has 1 N–H and O–H groups in total. The zero-order valence-electron chi connectivity index (χ0n) is 11.9. The van der Waals surface area contributed by atoms with Gasteiger partial charge in [0.15, 0.2) is 0 Å². The number of hydrogen-bond donors (Lipinski definition) is 1. The van der Waals surface area contributed by atoms with Gasteiger partial charge in [-0.05, 0) is 47.2 Å². The highest BCUT2D eigenvalue weighted by molar-refractivity contribution is 5.33. The van der Waals surface area contributed by atoms with Crippen LogP contribution in [0.1, 0.15) is 22.3 Å². The Morgan fingerprint density at radius 3 is 1.33 bits per heavy atom. The van der Waals surface area contributed by atoms with Crippen molar-refractivity contribution in [3.8, 4) is 5.75 Å². The number of benzene rings is 3. The van der Waals surface area contributed by atoms with Crippen LogP contribution in [0.5, 0.6) is 5.75 Å². The van der Waals surface area contributed by atoms with Crippen LogP contribution in [0.25, 0.3) is 0 Å². The van der Waals surface area contributed by atoms with E-state index in [9.17, 15) is 5.11 Å². The first kappa shape index (κ1) is 13.4. The molecule has 0 aromatic heterocycles. The molecule has 104 valence electrons. The lowest BCUT2D eigenvalue weighted by Gasteiger charge is -2.05. The van der Waals surface area contributed by atoms with Crippen LogP contribution in [0.4, 0.5) is 0 Å². The minimum atomic E-state index is 0.317. The van der Waals surface area contributed by atoms with E-state index in [0.717, 1.165) is 12.8 Å². The van der Waals surface area contributed by atoms with Crippen LogP contribution in [0.15, 0.2) is 78.9 Å². The first-order valence-corrected chi connectivity index (χ1v) is 7.19. The van der Waals surface area contributed by atoms with E-state index in [2.05, 4.69) is 48.5 Å². The van der Waals surface area contributed by atoms with Gasteiger partial charge in [-0.1, -0.05) is 66.7 Å². The maximum Gasteiger partial charge on any atom is 0.115 e. The van der Waals surface area contributed by atoms with Gasteiger partial charge in [0, 0.05) is 0 Å². The summed E-state index contributed by atoms with van der Waals surface area (Å²) in [5.41, 5.74) is 5.17. The van der Waals surface area contributed by atoms with Gasteiger partial charge in [0.2, 0.25) is 0 Å². The van der Waals surface area contributed by atoms with Gasteiger partial charge in [-0.3, -0.25) is 0 Å². The Morgan fingerprint density at radius 2 is 0.857 bits per heavy atom. The van der Waals surface area contributed by atoms with Gasteiger partial charge in [0.05, 0.1) is 0 Å². The number of hydrogen-bond acceptors (Lipinski definition) is 1. The van der Waals surface area contributed by atoms with E-state index in [1.54, 1.807) is 12.1 Å². The Labute approximate surface area is 125 Å². The Hall–Kier alpha value is -2.54. The average Bonchev–Trinajstić information content (AvgIpc) is 2.53. The molecule has 0 atom stereocenters. The molecule has 0 amide bonds. The van der Waals surface area contributed by atoms with E-state index in [1.807, 2.05) is 18.2 Å². The summed E-state index contributed by atoms with van der Waals surface area (Å²) in [6.45, 7) is 0. The van der Waals surface area contributed by atoms with Crippen molar-refractivity contribution in [1.82, 2.24) is 0 Å². The molecule has 0 aliphatic rings. The van der Waals surface area contributed by atoms with Crippen molar-refractivity contribution in [1.29, 1.82) is 0 Å². The molecular formula is C20H18O. The molecule has 0 saturated carbocycles. The number of phenols is 1. The maximum absolute atomic E-state index is 9.30. The lowest BCUT2D eigenvalue weighted by Crippen LogP contribution is -1.91. The molecule has 3 aromatic carbocycles. The largest absolute Gasteiger partial charge is 0.508 e. The van der Waals surface area contributed by atoms with Crippen molar-refractivity contribution in [3.63, 3.8) is 0 Å². The third kappa shape index (κ3) is 3.73. The second-order valence-corrected chi connectivity index (χ2v) is 5.32. The topological polar surface area (TPSA) is 20.2 Å². The van der Waals surface area contributed by atoms with Gasteiger partial charge >= 0.3 is 0 Å². The molecule has 1 nitrogen and oxygen atoms in total. The predicted molar refractivity (Wildman–Crippen MR) is 86.6 cm³/mol. The smallest absolute Gasteiger partial charge is 0.115 e. The van der Waals surface area contributed by atoms with E-state index in [4.69, 9.17) is 0 Å². The van der Waals surface area contributed by atoms with Crippen molar-refractivity contribution in [2.24, 2.45) is 0 Å². The van der Waals surface area contributed by atoms with Gasteiger partial charge in [0.1, 0.15) is 5.75 Å². The lowest BCUT2D eigenvalue weighted by atomic mass is 10.0. The highest BCUT2D eigenvalue weighted by Crippen LogP contribution is 2.16. The summed E-state index contributed by atoms with van der Waals surface area (Å²) in [5, 5.41) is 9.30. The van der Waals surface area contributed by atoms with Crippen LogP contribution in [0.3, 0.4) is 0 Å². The molecule has 0 saturated heterocycles. The van der Waals surface area contributed by atoms with E-state index in [0.29, 0.717) is 5.75 Å². The third-order valence-corrected chi connectivity index (χ3v) is 3.62. The lowest BCUT2D eigenvalue weighted by molar-refractivity contribution is 0.475. The van der Waals surface area contributed by atoms with Gasteiger partial charge < -0.3 is 5.11 Å². The molecule has 0 unspecified atom stereocenters. The molecule has 21 heavy (non-hydrogen) atoms. The van der Waals surface area contributed by atoms with Crippen LogP contribution in [-0.2, 0) is 12.8 Å². The predicted octanol–water partition coefficient (Wildman–Crippen LogP) is 4.57. The second kappa shape index (κ2) is 6.27. The molecule has 1 heteroatoms. The normalized spacial score (nSPS) is 10.5. The van der Waals surface area contributed by atoms with E-state index >= 15 is 0 Å². The summed E-state index contributed by atoms with van der Waals surface area (Å²) in [7, 11) is 0. The zero-order valence-corrected chi connectivity index (χ0v) is 11.9. The van der Waals surface area contributed by atoms with Crippen LogP contribution in [-0.4, -0.2) is 5.11 Å². The fourth-order valence-electron chi connectivity index (χ4n) is 2.46. The molecule has 3 rings (SSSR count). The SMILES string of the molecule is Oc1ccc(Cc2ccc(Cc3ccccc3)cc2)cc1. The van der Waals surface area contributed by atoms with Crippen molar-refractivity contribution in [3.05, 3.63) is 101 Å². The number of phenolic OH excluding ortho intramolecular Hbond substituents is 1. The molecule has 0 heterocycles. The van der Waals surface area contributed by atoms with Crippen molar-refractivity contribution < 1.29 is 5.11 Å². The summed E-state index contributed by atoms with van der Waals surface area (Å²) >= 11 is 0. The van der Waals surface area contributed by atoms with Gasteiger partial charge in [-0.25, -0.2) is 0 Å². The van der Waals surface area contributed by atoms with Crippen molar-refractivity contribution in [2.45, 2.75) is 12.8 Å². The third-order valence-electron chi connectivity index (χ3n) is 3.62. The van der Waals surface area contributed by atoms with Crippen LogP contribution in [0.2, 0.25) is 0 Å². The Kier molecular flexibility index (Phi) is 4.02. The summed E-state index contributed by atoms with van der Waals surface area (Å²) in [4.78, 5) is 0. The molecule has 0 aliphatic carbocycles. The molecule has 0 fully saturated rings. The molecule has 0 bridgehead atoms. The molecular weight excluding hydrogens is 256 g/mol. The van der Waals surface area contributed by atoms with Crippen molar-refractivity contribution >= 4 is 0 Å². The zero-order chi connectivity index (χ0) is 14.5. The second-order valence-electron chi connectivity index (χ2n) is 5.32. The quantitative estimate of drug-likeness (QED) is 0.738. The van der Waals surface area contributed by atoms with Crippen LogP contribution >= 0.6 is 0 Å². The minimum absolute atomic E-state index is 0.317. The van der Waals surface area contributed by atoms with Crippen LogP contribution in [0, 0.1) is 0 Å². The fraction of sp³-hybridized carbons (Fsp3) is 0.100. The summed E-state index contributed by atoms with van der Waals surface area (Å²) < 4.78 is 0. The number of aromatic hydroxyl groups is 1. The fourth-order valence-corrected chi connectivity index (χ4v) is 2.46. The molecule has 3 aromatic rings. The minimum Gasteiger partial charge on any atom is -0.508 e. The molecule has 0 aliphatic heterocycles. The highest BCUT2D eigenvalue weighted by Gasteiger charge is 1.99. The Morgan fingerprint density at radius 1 is 0.476 bits per heavy atom. The van der Waals surface area contributed by atoms with Gasteiger partial charge in [0.25, 0.3) is 0 Å². The summed E-state index contributed by atoms with van der Waals surface area (Å²) in [6.07, 6.45) is 1.87. The number of rotatable bonds is 4.